The standard InChI is InChI=1S/C16H10BrClF3N3O4S/c1-28-9-2-3-11(18)13(5-9)29(26,27)23-15(25)12-7-24-6-8(16(19,20)21)4-10(17)14(24)22-12/h2-7H,1H3,(H,23,25). The summed E-state index contributed by atoms with van der Waals surface area (Å²) in [6.45, 7) is 0. The first-order chi connectivity index (χ1) is 13.4. The van der Waals surface area contributed by atoms with Crippen LogP contribution in [-0.2, 0) is 16.2 Å². The number of aromatic nitrogens is 2. The molecule has 154 valence electrons. The molecular formula is C16H10BrClF3N3O4S. The van der Waals surface area contributed by atoms with Crippen molar-refractivity contribution in [2.75, 3.05) is 7.11 Å². The molecule has 13 heteroatoms. The van der Waals surface area contributed by atoms with E-state index in [1.165, 1.54) is 19.2 Å². The summed E-state index contributed by atoms with van der Waals surface area (Å²) in [4.78, 5) is 15.9. The fourth-order valence-corrected chi connectivity index (χ4v) is 4.38. The SMILES string of the molecule is COc1ccc(Cl)c(S(=O)(=O)NC(=O)c2cn3cc(C(F)(F)F)cc(Br)c3n2)c1. The molecular weight excluding hydrogens is 503 g/mol. The number of pyridine rings is 1. The number of alkyl halides is 3. The van der Waals surface area contributed by atoms with E-state index < -0.39 is 38.3 Å². The number of methoxy groups -OCH3 is 1. The molecule has 1 aromatic carbocycles. The number of halogens is 5. The number of fused-ring (bicyclic) bond motifs is 1. The van der Waals surface area contributed by atoms with Crippen molar-refractivity contribution in [1.82, 2.24) is 14.1 Å². The molecule has 0 saturated carbocycles. The molecule has 0 aliphatic heterocycles. The van der Waals surface area contributed by atoms with E-state index in [0.717, 1.165) is 28.9 Å². The summed E-state index contributed by atoms with van der Waals surface area (Å²) < 4.78 is 71.5. The van der Waals surface area contributed by atoms with Crippen LogP contribution in [0.15, 0.2) is 46.0 Å². The average Bonchev–Trinajstić information content (AvgIpc) is 3.06. The van der Waals surface area contributed by atoms with E-state index >= 15 is 0 Å². The third-order valence-electron chi connectivity index (χ3n) is 3.72. The van der Waals surface area contributed by atoms with Gasteiger partial charge in [0.1, 0.15) is 16.3 Å². The fraction of sp³-hybridized carbons (Fsp3) is 0.125. The minimum Gasteiger partial charge on any atom is -0.497 e. The summed E-state index contributed by atoms with van der Waals surface area (Å²) in [5, 5.41) is -0.154. The van der Waals surface area contributed by atoms with Crippen LogP contribution in [0.2, 0.25) is 5.02 Å². The fourth-order valence-electron chi connectivity index (χ4n) is 2.37. The monoisotopic (exact) mass is 511 g/mol. The first-order valence-corrected chi connectivity index (χ1v) is 10.2. The number of imidazole rings is 1. The van der Waals surface area contributed by atoms with Gasteiger partial charge in [-0.3, -0.25) is 4.79 Å². The topological polar surface area (TPSA) is 89.8 Å². The quantitative estimate of drug-likeness (QED) is 0.573. The molecule has 1 amide bonds. The van der Waals surface area contributed by atoms with Gasteiger partial charge in [0.15, 0.2) is 5.65 Å². The molecule has 2 heterocycles. The van der Waals surface area contributed by atoms with Crippen LogP contribution in [0.4, 0.5) is 13.2 Å². The highest BCUT2D eigenvalue weighted by molar-refractivity contribution is 9.10. The van der Waals surface area contributed by atoms with E-state index in [9.17, 15) is 26.4 Å². The van der Waals surface area contributed by atoms with Gasteiger partial charge in [0.2, 0.25) is 0 Å². The van der Waals surface area contributed by atoms with Crippen molar-refractivity contribution in [2.45, 2.75) is 11.1 Å². The average molecular weight is 513 g/mol. The number of amides is 1. The van der Waals surface area contributed by atoms with E-state index in [4.69, 9.17) is 16.3 Å². The van der Waals surface area contributed by atoms with E-state index in [1.54, 1.807) is 4.72 Å². The van der Waals surface area contributed by atoms with Gasteiger partial charge in [-0.15, -0.1) is 0 Å². The predicted octanol–water partition coefficient (Wildman–Crippen LogP) is 3.90. The van der Waals surface area contributed by atoms with Crippen LogP contribution in [-0.4, -0.2) is 30.8 Å². The zero-order valence-corrected chi connectivity index (χ0v) is 17.4. The maximum absolute atomic E-state index is 12.9. The molecule has 0 spiro atoms. The van der Waals surface area contributed by atoms with Gasteiger partial charge in [0.05, 0.1) is 22.2 Å². The summed E-state index contributed by atoms with van der Waals surface area (Å²) in [5.74, 6) is -0.952. The summed E-state index contributed by atoms with van der Waals surface area (Å²) >= 11 is 8.86. The number of hydrogen-bond donors (Lipinski definition) is 1. The van der Waals surface area contributed by atoms with Gasteiger partial charge in [-0.1, -0.05) is 11.6 Å². The van der Waals surface area contributed by atoms with Gasteiger partial charge in [-0.05, 0) is 34.1 Å². The van der Waals surface area contributed by atoms with E-state index in [0.29, 0.717) is 0 Å². The second-order valence-corrected chi connectivity index (χ2v) is 8.57. The van der Waals surface area contributed by atoms with Crippen molar-refractivity contribution < 1.29 is 31.1 Å². The van der Waals surface area contributed by atoms with Crippen LogP contribution in [0, 0.1) is 0 Å². The Morgan fingerprint density at radius 2 is 1.97 bits per heavy atom. The molecule has 0 fully saturated rings. The van der Waals surface area contributed by atoms with Crippen molar-refractivity contribution in [3.63, 3.8) is 0 Å². The van der Waals surface area contributed by atoms with Crippen LogP contribution in [0.25, 0.3) is 5.65 Å². The maximum atomic E-state index is 12.9. The molecule has 0 bridgehead atoms. The third kappa shape index (κ3) is 4.33. The number of benzene rings is 1. The second kappa shape index (κ2) is 7.50. The Balaban J connectivity index is 1.97. The first kappa shape index (κ1) is 21.4. The van der Waals surface area contributed by atoms with E-state index in [-0.39, 0.29) is 20.9 Å². The number of carbonyl (C=O) groups excluding carboxylic acids is 1. The first-order valence-electron chi connectivity index (χ1n) is 7.58. The van der Waals surface area contributed by atoms with Crippen LogP contribution in [0.3, 0.4) is 0 Å². The number of hydrogen-bond acceptors (Lipinski definition) is 5. The summed E-state index contributed by atoms with van der Waals surface area (Å²) in [7, 11) is -3.08. The van der Waals surface area contributed by atoms with Crippen molar-refractivity contribution >= 4 is 49.1 Å². The number of nitrogens with one attached hydrogen (secondary N) is 1. The van der Waals surface area contributed by atoms with Crippen molar-refractivity contribution in [3.8, 4) is 5.75 Å². The molecule has 7 nitrogen and oxygen atoms in total. The Bertz CT molecular complexity index is 1230. The summed E-state index contributed by atoms with van der Waals surface area (Å²) in [5.41, 5.74) is -1.38. The van der Waals surface area contributed by atoms with Crippen LogP contribution >= 0.6 is 27.5 Å². The molecule has 1 N–H and O–H groups in total. The molecule has 0 unspecified atom stereocenters. The minimum atomic E-state index is -4.62. The van der Waals surface area contributed by atoms with Gasteiger partial charge < -0.3 is 9.14 Å². The number of rotatable bonds is 4. The number of sulfonamides is 1. The normalized spacial score (nSPS) is 12.2. The lowest BCUT2D eigenvalue weighted by Gasteiger charge is -2.09. The highest BCUT2D eigenvalue weighted by Crippen LogP contribution is 2.32. The zero-order valence-electron chi connectivity index (χ0n) is 14.3. The smallest absolute Gasteiger partial charge is 0.417 e. The molecule has 3 rings (SSSR count). The van der Waals surface area contributed by atoms with E-state index in [2.05, 4.69) is 20.9 Å². The van der Waals surface area contributed by atoms with Gasteiger partial charge in [0.25, 0.3) is 15.9 Å². The lowest BCUT2D eigenvalue weighted by molar-refractivity contribution is -0.137. The van der Waals surface area contributed by atoms with Crippen LogP contribution in [0.1, 0.15) is 16.1 Å². The molecule has 2 aromatic heterocycles. The Labute approximate surface area is 175 Å². The van der Waals surface area contributed by atoms with Crippen LogP contribution < -0.4 is 9.46 Å². The molecule has 0 aliphatic rings. The summed E-state index contributed by atoms with van der Waals surface area (Å²) in [6, 6.07) is 4.63. The van der Waals surface area contributed by atoms with Crippen molar-refractivity contribution in [2.24, 2.45) is 0 Å². The van der Waals surface area contributed by atoms with Crippen molar-refractivity contribution in [1.29, 1.82) is 0 Å². The van der Waals surface area contributed by atoms with Gasteiger partial charge >= 0.3 is 6.18 Å². The Kier molecular flexibility index (Phi) is 5.54. The lowest BCUT2D eigenvalue weighted by Crippen LogP contribution is -2.31. The predicted molar refractivity (Wildman–Crippen MR) is 101 cm³/mol. The Morgan fingerprint density at radius 3 is 2.59 bits per heavy atom. The summed E-state index contributed by atoms with van der Waals surface area (Å²) in [6.07, 6.45) is -2.90. The highest BCUT2D eigenvalue weighted by atomic mass is 79.9. The largest absolute Gasteiger partial charge is 0.497 e. The minimum absolute atomic E-state index is 0.0000364. The number of carbonyl (C=O) groups is 1. The highest BCUT2D eigenvalue weighted by Gasteiger charge is 2.32. The van der Waals surface area contributed by atoms with Gasteiger partial charge in [0, 0.05) is 18.5 Å². The molecule has 0 atom stereocenters. The Morgan fingerprint density at radius 1 is 1.28 bits per heavy atom. The second-order valence-electron chi connectivity index (χ2n) is 5.66. The number of ether oxygens (including phenoxy) is 1. The third-order valence-corrected chi connectivity index (χ3v) is 6.12. The van der Waals surface area contributed by atoms with Gasteiger partial charge in [-0.25, -0.2) is 18.1 Å². The Hall–Kier alpha value is -2.31. The lowest BCUT2D eigenvalue weighted by atomic mass is 10.3. The molecule has 0 saturated heterocycles. The van der Waals surface area contributed by atoms with Crippen LogP contribution in [0.5, 0.6) is 5.75 Å². The number of nitrogens with zero attached hydrogens (tertiary/aromatic N) is 2. The molecule has 0 aliphatic carbocycles. The molecule has 3 aromatic rings. The van der Waals surface area contributed by atoms with Crippen molar-refractivity contribution in [3.05, 3.63) is 57.4 Å². The van der Waals surface area contributed by atoms with Gasteiger partial charge in [-0.2, -0.15) is 13.2 Å². The zero-order chi connectivity index (χ0) is 21.6. The molecule has 29 heavy (non-hydrogen) atoms. The van der Waals surface area contributed by atoms with E-state index in [1.807, 2.05) is 0 Å². The molecule has 0 radical (unpaired) electrons. The maximum Gasteiger partial charge on any atom is 0.417 e.